The molecule has 4 aliphatic rings. The molecule has 0 heterocycles. The molecule has 0 saturated heterocycles. The summed E-state index contributed by atoms with van der Waals surface area (Å²) < 4.78 is 32.6. The molecule has 2 atom stereocenters. The van der Waals surface area contributed by atoms with Crippen molar-refractivity contribution in [2.75, 3.05) is 0 Å². The van der Waals surface area contributed by atoms with Gasteiger partial charge in [-0.3, -0.25) is 9.59 Å². The molecule has 1 amide bonds. The molecule has 4 bridgehead atoms. The van der Waals surface area contributed by atoms with Gasteiger partial charge in [-0.25, -0.2) is 8.42 Å². The van der Waals surface area contributed by atoms with Crippen molar-refractivity contribution in [1.82, 2.24) is 10.0 Å². The SMILES string of the molecule is Cc1ccc(S(=O)(=O)N[C@H](C)C(=O)O[C@@H](C)C(=O)NC23CC4CC(CC(C4)C2)C3)cc1. The number of esters is 1. The maximum atomic E-state index is 12.8. The predicted molar refractivity (Wildman–Crippen MR) is 116 cm³/mol. The zero-order valence-electron chi connectivity index (χ0n) is 18.4. The number of carbonyl (C=O) groups excluding carboxylic acids is 2. The first-order valence-corrected chi connectivity index (χ1v) is 12.6. The molecular weight excluding hydrogens is 416 g/mol. The summed E-state index contributed by atoms with van der Waals surface area (Å²) in [5.74, 6) is 1.01. The second-order valence-corrected chi connectivity index (χ2v) is 11.6. The average Bonchev–Trinajstić information content (AvgIpc) is 2.66. The van der Waals surface area contributed by atoms with E-state index in [4.69, 9.17) is 4.74 Å². The molecular formula is C23H32N2O5S. The molecule has 2 N–H and O–H groups in total. The summed E-state index contributed by atoms with van der Waals surface area (Å²) in [4.78, 5) is 25.3. The molecule has 170 valence electrons. The van der Waals surface area contributed by atoms with Gasteiger partial charge in [0.15, 0.2) is 6.10 Å². The minimum atomic E-state index is -3.87. The van der Waals surface area contributed by atoms with E-state index >= 15 is 0 Å². The summed E-state index contributed by atoms with van der Waals surface area (Å²) in [7, 11) is -3.87. The Hall–Kier alpha value is -1.93. The van der Waals surface area contributed by atoms with Crippen LogP contribution in [-0.2, 0) is 24.3 Å². The first-order valence-electron chi connectivity index (χ1n) is 11.2. The van der Waals surface area contributed by atoms with Crippen LogP contribution in [0.2, 0.25) is 0 Å². The van der Waals surface area contributed by atoms with Crippen LogP contribution in [0.25, 0.3) is 0 Å². The second-order valence-electron chi connectivity index (χ2n) is 9.92. The van der Waals surface area contributed by atoms with Crippen molar-refractivity contribution in [3.8, 4) is 0 Å². The third-order valence-corrected chi connectivity index (χ3v) is 8.66. The minimum absolute atomic E-state index is 0.0744. The van der Waals surface area contributed by atoms with Gasteiger partial charge in [0.25, 0.3) is 5.91 Å². The van der Waals surface area contributed by atoms with Gasteiger partial charge < -0.3 is 10.1 Å². The molecule has 0 aliphatic heterocycles. The minimum Gasteiger partial charge on any atom is -0.451 e. The molecule has 4 fully saturated rings. The quantitative estimate of drug-likeness (QED) is 0.625. The number of nitrogens with one attached hydrogen (secondary N) is 2. The lowest BCUT2D eigenvalue weighted by Gasteiger charge is -2.57. The molecule has 31 heavy (non-hydrogen) atoms. The second kappa shape index (κ2) is 8.20. The van der Waals surface area contributed by atoms with Crippen LogP contribution < -0.4 is 10.0 Å². The summed E-state index contributed by atoms with van der Waals surface area (Å²) in [5, 5.41) is 3.19. The van der Waals surface area contributed by atoms with Gasteiger partial charge in [-0.15, -0.1) is 0 Å². The normalized spacial score (nSPS) is 31.1. The Balaban J connectivity index is 1.32. The highest BCUT2D eigenvalue weighted by molar-refractivity contribution is 7.89. The van der Waals surface area contributed by atoms with Crippen molar-refractivity contribution in [1.29, 1.82) is 0 Å². The van der Waals surface area contributed by atoms with Crippen LogP contribution in [0, 0.1) is 24.7 Å². The van der Waals surface area contributed by atoms with Crippen molar-refractivity contribution in [3.05, 3.63) is 29.8 Å². The summed E-state index contributed by atoms with van der Waals surface area (Å²) in [6.07, 6.45) is 5.88. The summed E-state index contributed by atoms with van der Waals surface area (Å²) >= 11 is 0. The van der Waals surface area contributed by atoms with Crippen LogP contribution in [-0.4, -0.2) is 38.0 Å². The zero-order valence-corrected chi connectivity index (χ0v) is 19.2. The van der Waals surface area contributed by atoms with E-state index in [0.29, 0.717) is 17.8 Å². The molecule has 0 spiro atoms. The van der Waals surface area contributed by atoms with Gasteiger partial charge in [0, 0.05) is 5.54 Å². The lowest BCUT2D eigenvalue weighted by atomic mass is 9.53. The number of aryl methyl sites for hydroxylation is 1. The van der Waals surface area contributed by atoms with E-state index in [0.717, 1.165) is 24.8 Å². The summed E-state index contributed by atoms with van der Waals surface area (Å²) in [6, 6.07) is 5.23. The Bertz CT molecular complexity index is 921. The molecule has 1 aromatic carbocycles. The number of carbonyl (C=O) groups is 2. The summed E-state index contributed by atoms with van der Waals surface area (Å²) in [6.45, 7) is 4.81. The third-order valence-electron chi connectivity index (χ3n) is 7.11. The number of sulfonamides is 1. The Morgan fingerprint density at radius 2 is 1.52 bits per heavy atom. The maximum Gasteiger partial charge on any atom is 0.324 e. The van der Waals surface area contributed by atoms with Gasteiger partial charge in [0.2, 0.25) is 10.0 Å². The third kappa shape index (κ3) is 4.80. The summed E-state index contributed by atoms with van der Waals surface area (Å²) in [5.41, 5.74) is 0.774. The predicted octanol–water partition coefficient (Wildman–Crippen LogP) is 2.68. The van der Waals surface area contributed by atoms with Crippen molar-refractivity contribution in [3.63, 3.8) is 0 Å². The molecule has 0 aromatic heterocycles. The van der Waals surface area contributed by atoms with Crippen molar-refractivity contribution >= 4 is 21.9 Å². The van der Waals surface area contributed by atoms with Gasteiger partial charge in [0.05, 0.1) is 4.90 Å². The standard InChI is InChI=1S/C23H32N2O5S/c1-14-4-6-20(7-5-14)31(28,29)25-15(2)22(27)30-16(3)21(26)24-23-11-17-8-18(12-23)10-19(9-17)13-23/h4-7,15-19,25H,8-13H2,1-3H3,(H,24,26)/t15-,16+,17?,18?,19?,23?/m1/s1. The number of amides is 1. The van der Waals surface area contributed by atoms with Gasteiger partial charge in [-0.05, 0) is 89.2 Å². The van der Waals surface area contributed by atoms with E-state index in [2.05, 4.69) is 10.0 Å². The van der Waals surface area contributed by atoms with Crippen molar-refractivity contribution in [2.24, 2.45) is 17.8 Å². The van der Waals surface area contributed by atoms with Gasteiger partial charge in [-0.1, -0.05) is 17.7 Å². The first-order chi connectivity index (χ1) is 14.6. The number of ether oxygens (including phenoxy) is 1. The van der Waals surface area contributed by atoms with E-state index in [1.54, 1.807) is 12.1 Å². The zero-order chi connectivity index (χ0) is 22.4. The molecule has 4 saturated carbocycles. The van der Waals surface area contributed by atoms with Gasteiger partial charge >= 0.3 is 5.97 Å². The van der Waals surface area contributed by atoms with Crippen LogP contribution in [0.1, 0.15) is 57.9 Å². The van der Waals surface area contributed by atoms with Crippen molar-refractivity contribution in [2.45, 2.75) is 81.9 Å². The lowest BCUT2D eigenvalue weighted by Crippen LogP contribution is -2.61. The molecule has 8 heteroatoms. The smallest absolute Gasteiger partial charge is 0.324 e. The molecule has 4 aliphatic carbocycles. The fourth-order valence-corrected chi connectivity index (χ4v) is 7.21. The molecule has 5 rings (SSSR count). The van der Waals surface area contributed by atoms with Crippen LogP contribution >= 0.6 is 0 Å². The average molecular weight is 449 g/mol. The Kier molecular flexibility index (Phi) is 5.89. The van der Waals surface area contributed by atoms with E-state index < -0.39 is 28.1 Å². The largest absolute Gasteiger partial charge is 0.451 e. The van der Waals surface area contributed by atoms with E-state index in [-0.39, 0.29) is 16.3 Å². The highest BCUT2D eigenvalue weighted by atomic mass is 32.2. The number of hydrogen-bond donors (Lipinski definition) is 2. The van der Waals surface area contributed by atoms with E-state index in [1.807, 2.05) is 6.92 Å². The van der Waals surface area contributed by atoms with Gasteiger partial charge in [0.1, 0.15) is 6.04 Å². The van der Waals surface area contributed by atoms with E-state index in [9.17, 15) is 18.0 Å². The number of rotatable bonds is 7. The topological polar surface area (TPSA) is 102 Å². The van der Waals surface area contributed by atoms with Crippen LogP contribution in [0.5, 0.6) is 0 Å². The maximum absolute atomic E-state index is 12.8. The van der Waals surface area contributed by atoms with Crippen molar-refractivity contribution < 1.29 is 22.7 Å². The molecule has 1 aromatic rings. The number of benzene rings is 1. The van der Waals surface area contributed by atoms with Crippen LogP contribution in [0.3, 0.4) is 0 Å². The highest BCUT2D eigenvalue weighted by Crippen LogP contribution is 2.55. The Labute approximate surface area is 184 Å². The van der Waals surface area contributed by atoms with E-state index in [1.165, 1.54) is 45.2 Å². The van der Waals surface area contributed by atoms with Crippen LogP contribution in [0.4, 0.5) is 0 Å². The first kappa shape index (κ1) is 22.3. The van der Waals surface area contributed by atoms with Gasteiger partial charge in [-0.2, -0.15) is 4.72 Å². The fraction of sp³-hybridized carbons (Fsp3) is 0.652. The highest BCUT2D eigenvalue weighted by Gasteiger charge is 2.51. The van der Waals surface area contributed by atoms with Crippen LogP contribution in [0.15, 0.2) is 29.2 Å². The Morgan fingerprint density at radius 1 is 1.00 bits per heavy atom. The molecule has 0 radical (unpaired) electrons. The monoisotopic (exact) mass is 448 g/mol. The number of hydrogen-bond acceptors (Lipinski definition) is 5. The fourth-order valence-electron chi connectivity index (χ4n) is 6.02. The molecule has 7 nitrogen and oxygen atoms in total. The molecule has 0 unspecified atom stereocenters. The Morgan fingerprint density at radius 3 is 2.03 bits per heavy atom. The lowest BCUT2D eigenvalue weighted by molar-refractivity contribution is -0.157.